The highest BCUT2D eigenvalue weighted by molar-refractivity contribution is 5.79. The molecule has 0 bridgehead atoms. The van der Waals surface area contributed by atoms with Crippen LogP contribution in [0.3, 0.4) is 0 Å². The molecule has 0 unspecified atom stereocenters. The van der Waals surface area contributed by atoms with Crippen molar-refractivity contribution in [3.05, 3.63) is 0 Å². The third-order valence-electron chi connectivity index (χ3n) is 6.52. The number of hydrogen-bond donors (Lipinski definition) is 1. The highest BCUT2D eigenvalue weighted by Gasteiger charge is 2.34. The van der Waals surface area contributed by atoms with Gasteiger partial charge in [0.1, 0.15) is 0 Å². The van der Waals surface area contributed by atoms with E-state index < -0.39 is 5.97 Å². The van der Waals surface area contributed by atoms with Crippen LogP contribution in [0.25, 0.3) is 0 Å². The Morgan fingerprint density at radius 2 is 1.28 bits per heavy atom. The molecule has 3 aliphatic rings. The molecule has 5 heteroatoms. The molecule has 1 amide bonds. The first-order valence-electron chi connectivity index (χ1n) is 10.4. The highest BCUT2D eigenvalue weighted by atomic mass is 16.4. The molecule has 0 aromatic heterocycles. The Kier molecular flexibility index (Phi) is 6.74. The topological polar surface area (TPSA) is 60.9 Å². The minimum Gasteiger partial charge on any atom is -0.481 e. The molecule has 25 heavy (non-hydrogen) atoms. The predicted octanol–water partition coefficient (Wildman–Crippen LogP) is 3.28. The van der Waals surface area contributed by atoms with Crippen LogP contribution in [0.1, 0.15) is 77.0 Å². The molecular formula is C20H34N2O3. The number of carbonyl (C=O) groups is 2. The van der Waals surface area contributed by atoms with Crippen molar-refractivity contribution in [2.24, 2.45) is 5.92 Å². The quantitative estimate of drug-likeness (QED) is 0.826. The van der Waals surface area contributed by atoms with E-state index in [1.165, 1.54) is 64.2 Å². The molecule has 5 nitrogen and oxygen atoms in total. The first kappa shape index (κ1) is 18.7. The molecule has 0 spiro atoms. The lowest BCUT2D eigenvalue weighted by atomic mass is 9.88. The van der Waals surface area contributed by atoms with Crippen LogP contribution in [-0.4, -0.2) is 58.5 Å². The van der Waals surface area contributed by atoms with E-state index >= 15 is 0 Å². The lowest BCUT2D eigenvalue weighted by Crippen LogP contribution is -2.52. The van der Waals surface area contributed by atoms with Gasteiger partial charge in [-0.15, -0.1) is 0 Å². The molecule has 0 aromatic rings. The zero-order valence-corrected chi connectivity index (χ0v) is 15.5. The van der Waals surface area contributed by atoms with E-state index in [0.717, 1.165) is 13.1 Å². The molecule has 3 rings (SSSR count). The second-order valence-corrected chi connectivity index (χ2v) is 8.27. The zero-order valence-electron chi connectivity index (χ0n) is 15.5. The molecule has 0 aromatic carbocycles. The van der Waals surface area contributed by atoms with E-state index in [1.54, 1.807) is 0 Å². The molecule has 2 saturated carbocycles. The first-order chi connectivity index (χ1) is 12.1. The van der Waals surface area contributed by atoms with E-state index in [1.807, 2.05) is 0 Å². The van der Waals surface area contributed by atoms with Gasteiger partial charge in [0, 0.05) is 12.1 Å². The summed E-state index contributed by atoms with van der Waals surface area (Å²) in [5, 5.41) is 9.14. The number of rotatable bonds is 5. The smallest absolute Gasteiger partial charge is 0.306 e. The van der Waals surface area contributed by atoms with Crippen LogP contribution < -0.4 is 0 Å². The van der Waals surface area contributed by atoms with Crippen molar-refractivity contribution in [3.8, 4) is 0 Å². The van der Waals surface area contributed by atoms with Crippen molar-refractivity contribution < 1.29 is 14.7 Å². The Bertz CT molecular complexity index is 430. The normalized spacial score (nSPS) is 25.0. The molecular weight excluding hydrogens is 316 g/mol. The van der Waals surface area contributed by atoms with Crippen molar-refractivity contribution >= 4 is 11.9 Å². The Morgan fingerprint density at radius 3 is 1.72 bits per heavy atom. The summed E-state index contributed by atoms with van der Waals surface area (Å²) in [6.07, 6.45) is 13.7. The number of carbonyl (C=O) groups excluding carboxylic acids is 1. The number of piperidine rings is 1. The number of aliphatic carboxylic acids is 1. The number of amides is 1. The number of hydrogen-bond acceptors (Lipinski definition) is 3. The predicted molar refractivity (Wildman–Crippen MR) is 97.4 cm³/mol. The maximum atomic E-state index is 13.2. The van der Waals surface area contributed by atoms with Crippen molar-refractivity contribution in [1.82, 2.24) is 9.80 Å². The summed E-state index contributed by atoms with van der Waals surface area (Å²) < 4.78 is 0. The standard InChI is InChI=1S/C20H34N2O3/c23-19(15-21-13-11-16(12-14-21)20(24)25)22(17-7-3-1-4-8-17)18-9-5-2-6-10-18/h16-18H,1-15H2,(H,24,25). The van der Waals surface area contributed by atoms with Gasteiger partial charge in [-0.05, 0) is 51.6 Å². The largest absolute Gasteiger partial charge is 0.481 e. The summed E-state index contributed by atoms with van der Waals surface area (Å²) in [6, 6.07) is 0.891. The number of likely N-dealkylation sites (tertiary alicyclic amines) is 1. The molecule has 1 saturated heterocycles. The first-order valence-corrected chi connectivity index (χ1v) is 10.4. The molecule has 2 aliphatic carbocycles. The summed E-state index contributed by atoms with van der Waals surface area (Å²) >= 11 is 0. The minimum absolute atomic E-state index is 0.223. The van der Waals surface area contributed by atoms with Crippen LogP contribution in [0, 0.1) is 5.92 Å². The van der Waals surface area contributed by atoms with E-state index in [4.69, 9.17) is 5.11 Å². The number of nitrogens with zero attached hydrogens (tertiary/aromatic N) is 2. The molecule has 1 heterocycles. The average Bonchev–Trinajstić information content (AvgIpc) is 2.64. The van der Waals surface area contributed by atoms with Gasteiger partial charge in [0.05, 0.1) is 12.5 Å². The fourth-order valence-electron chi connectivity index (χ4n) is 5.03. The summed E-state index contributed by atoms with van der Waals surface area (Å²) in [5.41, 5.74) is 0. The Balaban J connectivity index is 1.59. The second kappa shape index (κ2) is 9.02. The monoisotopic (exact) mass is 350 g/mol. The van der Waals surface area contributed by atoms with Gasteiger partial charge in [0.2, 0.25) is 5.91 Å². The van der Waals surface area contributed by atoms with Crippen LogP contribution in [0.15, 0.2) is 0 Å². The Morgan fingerprint density at radius 1 is 0.800 bits per heavy atom. The van der Waals surface area contributed by atoms with Gasteiger partial charge in [-0.3, -0.25) is 14.5 Å². The molecule has 1 N–H and O–H groups in total. The van der Waals surface area contributed by atoms with Gasteiger partial charge < -0.3 is 10.0 Å². The van der Waals surface area contributed by atoms with Gasteiger partial charge in [-0.25, -0.2) is 0 Å². The van der Waals surface area contributed by atoms with Crippen LogP contribution in [0.5, 0.6) is 0 Å². The summed E-state index contributed by atoms with van der Waals surface area (Å²) in [7, 11) is 0. The van der Waals surface area contributed by atoms with Crippen molar-refractivity contribution in [2.45, 2.75) is 89.1 Å². The number of carboxylic acid groups (broad SMARTS) is 1. The highest BCUT2D eigenvalue weighted by Crippen LogP contribution is 2.30. The Labute approximate surface area is 151 Å². The number of carboxylic acids is 1. The SMILES string of the molecule is O=C(O)C1CCN(CC(=O)N(C2CCCCC2)C2CCCCC2)CC1. The van der Waals surface area contributed by atoms with E-state index in [2.05, 4.69) is 9.80 Å². The zero-order chi connectivity index (χ0) is 17.6. The molecule has 0 radical (unpaired) electrons. The van der Waals surface area contributed by atoms with Crippen LogP contribution in [0.2, 0.25) is 0 Å². The van der Waals surface area contributed by atoms with Crippen molar-refractivity contribution in [2.75, 3.05) is 19.6 Å². The second-order valence-electron chi connectivity index (χ2n) is 8.27. The average molecular weight is 351 g/mol. The molecule has 0 atom stereocenters. The molecule has 142 valence electrons. The van der Waals surface area contributed by atoms with Gasteiger partial charge >= 0.3 is 5.97 Å². The lowest BCUT2D eigenvalue weighted by molar-refractivity contribution is -0.143. The minimum atomic E-state index is -0.683. The van der Waals surface area contributed by atoms with Crippen molar-refractivity contribution in [1.29, 1.82) is 0 Å². The van der Waals surface area contributed by atoms with Crippen molar-refractivity contribution in [3.63, 3.8) is 0 Å². The van der Waals surface area contributed by atoms with E-state index in [9.17, 15) is 9.59 Å². The third-order valence-corrected chi connectivity index (χ3v) is 6.52. The van der Waals surface area contributed by atoms with Gasteiger partial charge in [-0.2, -0.15) is 0 Å². The third kappa shape index (κ3) is 4.96. The fourth-order valence-corrected chi connectivity index (χ4v) is 5.03. The van der Waals surface area contributed by atoms with Crippen LogP contribution >= 0.6 is 0 Å². The lowest BCUT2D eigenvalue weighted by Gasteiger charge is -2.43. The maximum absolute atomic E-state index is 13.2. The Hall–Kier alpha value is -1.10. The summed E-state index contributed by atoms with van der Waals surface area (Å²) in [4.78, 5) is 28.8. The molecule has 3 fully saturated rings. The van der Waals surface area contributed by atoms with Crippen LogP contribution in [0.4, 0.5) is 0 Å². The van der Waals surface area contributed by atoms with E-state index in [0.29, 0.717) is 37.4 Å². The van der Waals surface area contributed by atoms with E-state index in [-0.39, 0.29) is 5.92 Å². The summed E-state index contributed by atoms with van der Waals surface area (Å²) in [6.45, 7) is 1.97. The molecule has 1 aliphatic heterocycles. The fraction of sp³-hybridized carbons (Fsp3) is 0.900. The van der Waals surface area contributed by atoms with Gasteiger partial charge in [-0.1, -0.05) is 38.5 Å². The van der Waals surface area contributed by atoms with Gasteiger partial charge in [0.25, 0.3) is 0 Å². The maximum Gasteiger partial charge on any atom is 0.306 e. The van der Waals surface area contributed by atoms with Gasteiger partial charge in [0.15, 0.2) is 0 Å². The summed E-state index contributed by atoms with van der Waals surface area (Å²) in [5.74, 6) is -0.608. The van der Waals surface area contributed by atoms with Crippen LogP contribution in [-0.2, 0) is 9.59 Å².